The third-order valence-corrected chi connectivity index (χ3v) is 19.6. The Labute approximate surface area is 396 Å². The van der Waals surface area contributed by atoms with E-state index < -0.39 is 13.7 Å². The number of rotatable bonds is 13. The summed E-state index contributed by atoms with van der Waals surface area (Å²) < 4.78 is 15.0. The van der Waals surface area contributed by atoms with Gasteiger partial charge >= 0.3 is 0 Å². The van der Waals surface area contributed by atoms with Gasteiger partial charge in [-0.3, -0.25) is 19.1 Å². The molecule has 0 bridgehead atoms. The fourth-order valence-corrected chi connectivity index (χ4v) is 15.7. The number of methoxy groups -OCH3 is 1. The Morgan fingerprint density at radius 3 is 2.15 bits per heavy atom. The van der Waals surface area contributed by atoms with E-state index in [1.165, 1.54) is 5.19 Å². The first-order chi connectivity index (χ1) is 32.5. The number of hydrogen-bond acceptors (Lipinski definition) is 8. The number of hydrogen-bond donors (Lipinski definition) is 1. The maximum absolute atomic E-state index is 15.9. The second-order valence-corrected chi connectivity index (χ2v) is 24.4. The quantitative estimate of drug-likeness (QED) is 0.116. The number of carbonyl (C=O) groups excluding carboxylic acids is 3. The number of anilines is 3. The number of aliphatic hydroxyl groups is 1. The smallest absolute Gasteiger partial charge is 0.264 e. The predicted octanol–water partition coefficient (Wildman–Crippen LogP) is 8.86. The van der Waals surface area contributed by atoms with E-state index in [1.807, 2.05) is 98.4 Å². The topological polar surface area (TPSA) is 130 Å². The van der Waals surface area contributed by atoms with Gasteiger partial charge in [-0.25, -0.2) is 0 Å². The molecule has 352 valence electrons. The highest BCUT2D eigenvalue weighted by molar-refractivity contribution is 6.91. The second-order valence-electron chi connectivity index (χ2n) is 19.7. The first-order valence-corrected chi connectivity index (χ1v) is 27.7. The van der Waals surface area contributed by atoms with Crippen molar-refractivity contribution in [3.63, 3.8) is 0 Å². The van der Waals surface area contributed by atoms with Crippen molar-refractivity contribution in [1.29, 1.82) is 0 Å². The number of fused-ring (bicyclic) bond motifs is 2. The van der Waals surface area contributed by atoms with Crippen LogP contribution in [-0.4, -0.2) is 78.8 Å². The molecule has 0 radical (unpaired) electrons. The minimum Gasteiger partial charge on any atom is -0.497 e. The monoisotopic (exact) mass is 922 g/mol. The van der Waals surface area contributed by atoms with Crippen LogP contribution in [0.4, 0.5) is 17.1 Å². The molecule has 0 aliphatic carbocycles. The third-order valence-electron chi connectivity index (χ3n) is 15.3. The summed E-state index contributed by atoms with van der Waals surface area (Å²) in [6.07, 6.45) is 11.1. The van der Waals surface area contributed by atoms with E-state index in [4.69, 9.17) is 9.47 Å². The molecule has 5 heterocycles. The number of ether oxygens (including phenoxy) is 2. The van der Waals surface area contributed by atoms with Crippen molar-refractivity contribution in [1.82, 2.24) is 15.0 Å². The molecule has 67 heavy (non-hydrogen) atoms. The minimum atomic E-state index is -2.49. The Balaban J connectivity index is 1.11. The lowest BCUT2D eigenvalue weighted by molar-refractivity contribution is -0.146. The largest absolute Gasteiger partial charge is 0.497 e. The van der Waals surface area contributed by atoms with Gasteiger partial charge in [-0.1, -0.05) is 111 Å². The van der Waals surface area contributed by atoms with Crippen LogP contribution >= 0.6 is 0 Å². The minimum absolute atomic E-state index is 0.0245. The highest BCUT2D eigenvalue weighted by Gasteiger charge is 2.66. The number of aromatic nitrogens is 3. The van der Waals surface area contributed by atoms with Gasteiger partial charge in [0, 0.05) is 61.5 Å². The molecule has 3 saturated heterocycles. The van der Waals surface area contributed by atoms with Crippen molar-refractivity contribution >= 4 is 48.0 Å². The lowest BCUT2D eigenvalue weighted by atomic mass is 9.82. The van der Waals surface area contributed by atoms with Gasteiger partial charge < -0.3 is 29.3 Å². The summed E-state index contributed by atoms with van der Waals surface area (Å²) in [5.74, 6) is 0.366. The first-order valence-electron chi connectivity index (χ1n) is 24.6. The van der Waals surface area contributed by atoms with Crippen LogP contribution in [0.15, 0.2) is 103 Å². The fourth-order valence-electron chi connectivity index (χ4n) is 11.7. The van der Waals surface area contributed by atoms with E-state index in [1.54, 1.807) is 7.11 Å². The van der Waals surface area contributed by atoms with E-state index >= 15 is 4.79 Å². The Morgan fingerprint density at radius 1 is 0.806 bits per heavy atom. The Bertz CT molecular complexity index is 2550. The van der Waals surface area contributed by atoms with Gasteiger partial charge in [0.05, 0.1) is 51.7 Å². The summed E-state index contributed by atoms with van der Waals surface area (Å²) in [6.45, 7) is 8.98. The average molecular weight is 923 g/mol. The summed E-state index contributed by atoms with van der Waals surface area (Å²) >= 11 is 0. The summed E-state index contributed by atoms with van der Waals surface area (Å²) in [6, 6.07) is 32.5. The zero-order valence-electron chi connectivity index (χ0n) is 39.6. The van der Waals surface area contributed by atoms with Gasteiger partial charge in [-0.15, -0.1) is 5.10 Å². The van der Waals surface area contributed by atoms with Crippen LogP contribution in [0.25, 0.3) is 0 Å². The molecule has 1 unspecified atom stereocenters. The SMILES string of the molecule is COc1ccc([Si](C)(C)[C@H]2[C@H](CCn3cc(C(CO)c4ccccc4)nn3)O[C@@]3(C(=O)N(Cc4cccc(N5CCCCCCC5=O)c4)c4ccc(N5CCCCCCC5=O)cc43)[C@@H]2C)cc1. The maximum atomic E-state index is 15.9. The molecule has 1 spiro atoms. The zero-order valence-corrected chi connectivity index (χ0v) is 40.6. The molecule has 12 nitrogen and oxygen atoms in total. The molecule has 5 atom stereocenters. The van der Waals surface area contributed by atoms with Crippen LogP contribution in [0.5, 0.6) is 5.75 Å². The van der Waals surface area contributed by atoms with Crippen LogP contribution in [0.3, 0.4) is 0 Å². The highest BCUT2D eigenvalue weighted by atomic mass is 28.3. The molecule has 4 aromatic carbocycles. The van der Waals surface area contributed by atoms with Gasteiger partial charge in [-0.05, 0) is 91.2 Å². The third kappa shape index (κ3) is 9.10. The van der Waals surface area contributed by atoms with Crippen LogP contribution in [0, 0.1) is 5.92 Å². The molecule has 9 rings (SSSR count). The normalized spacial score (nSPS) is 23.2. The standard InChI is InChI=1S/C54H66N6O6Si/c1-38-52(67(3,4)44-26-24-43(65-2)25-27-44)49(29-32-57-36-47(55-56-57)45(37-61)40-18-10-9-11-19-40)66-54(38)46-34-42(59-31-15-8-6-13-22-51(59)63)23-28-48(46)60(53(54)64)35-39-17-16-20-41(33-39)58-30-14-7-5-12-21-50(58)62/h9-11,16-20,23-28,33-34,36,38,45,49,52,61H,5-8,12-15,21-22,29-32,35,37H2,1-4H3/t38-,45?,49+,52-,54+/m1/s1. The summed E-state index contributed by atoms with van der Waals surface area (Å²) in [7, 11) is -0.812. The Kier molecular flexibility index (Phi) is 13.8. The first kappa shape index (κ1) is 46.5. The van der Waals surface area contributed by atoms with E-state index in [-0.39, 0.29) is 47.8 Å². The molecule has 4 aliphatic heterocycles. The molecule has 4 aliphatic rings. The number of amides is 3. The van der Waals surface area contributed by atoms with Crippen molar-refractivity contribution < 1.29 is 29.0 Å². The van der Waals surface area contributed by atoms with Gasteiger partial charge in [-0.2, -0.15) is 0 Å². The van der Waals surface area contributed by atoms with Crippen molar-refractivity contribution in [3.05, 3.63) is 126 Å². The van der Waals surface area contributed by atoms with Crippen LogP contribution in [-0.2, 0) is 37.8 Å². The van der Waals surface area contributed by atoms with E-state index in [2.05, 4.69) is 54.6 Å². The lowest BCUT2D eigenvalue weighted by Crippen LogP contribution is -2.51. The zero-order chi connectivity index (χ0) is 46.7. The van der Waals surface area contributed by atoms with Gasteiger partial charge in [0.25, 0.3) is 5.91 Å². The summed E-state index contributed by atoms with van der Waals surface area (Å²) in [5.41, 5.74) is 4.47. The molecule has 1 N–H and O–H groups in total. The number of nitrogens with zero attached hydrogens (tertiary/aromatic N) is 6. The second kappa shape index (κ2) is 19.9. The lowest BCUT2D eigenvalue weighted by Gasteiger charge is -2.37. The Hall–Kier alpha value is -5.63. The molecular weight excluding hydrogens is 857 g/mol. The van der Waals surface area contributed by atoms with Gasteiger partial charge in [0.2, 0.25) is 11.8 Å². The fraction of sp³-hybridized carbons (Fsp3) is 0.463. The van der Waals surface area contributed by atoms with Crippen molar-refractivity contribution in [2.24, 2.45) is 5.92 Å². The molecular formula is C54H66N6O6Si. The molecule has 3 amide bonds. The number of carbonyl (C=O) groups is 3. The van der Waals surface area contributed by atoms with Crippen LogP contribution in [0.2, 0.25) is 18.6 Å². The molecule has 1 aromatic heterocycles. The maximum Gasteiger partial charge on any atom is 0.264 e. The van der Waals surface area contributed by atoms with Crippen molar-refractivity contribution in [2.75, 3.05) is 41.5 Å². The average Bonchev–Trinajstić information content (AvgIpc) is 3.99. The predicted molar refractivity (Wildman–Crippen MR) is 265 cm³/mol. The number of benzene rings is 4. The van der Waals surface area contributed by atoms with Crippen LogP contribution < -0.4 is 24.6 Å². The van der Waals surface area contributed by atoms with Gasteiger partial charge in [0.1, 0.15) is 5.75 Å². The molecule has 3 fully saturated rings. The van der Waals surface area contributed by atoms with E-state index in [0.29, 0.717) is 51.1 Å². The molecule has 5 aromatic rings. The van der Waals surface area contributed by atoms with Crippen molar-refractivity contribution in [2.45, 2.75) is 127 Å². The van der Waals surface area contributed by atoms with Crippen LogP contribution in [0.1, 0.15) is 106 Å². The van der Waals surface area contributed by atoms with E-state index in [9.17, 15) is 14.7 Å². The Morgan fingerprint density at radius 2 is 1.48 bits per heavy atom. The number of aryl methyl sites for hydroxylation is 1. The number of aliphatic hydroxyl groups excluding tert-OH is 1. The molecule has 13 heteroatoms. The van der Waals surface area contributed by atoms with Gasteiger partial charge in [0.15, 0.2) is 5.60 Å². The van der Waals surface area contributed by atoms with Crippen molar-refractivity contribution in [3.8, 4) is 5.75 Å². The highest BCUT2D eigenvalue weighted by Crippen LogP contribution is 2.60. The summed E-state index contributed by atoms with van der Waals surface area (Å²) in [4.78, 5) is 48.9. The molecule has 0 saturated carbocycles. The van der Waals surface area contributed by atoms with E-state index in [0.717, 1.165) is 90.9 Å². The summed E-state index contributed by atoms with van der Waals surface area (Å²) in [5, 5.41) is 20.8.